The predicted octanol–water partition coefficient (Wildman–Crippen LogP) is 5.33. The highest BCUT2D eigenvalue weighted by Crippen LogP contribution is 2.35. The summed E-state index contributed by atoms with van der Waals surface area (Å²) in [5, 5.41) is 6.57. The van der Waals surface area contributed by atoms with Gasteiger partial charge in [0.05, 0.1) is 6.04 Å². The van der Waals surface area contributed by atoms with Gasteiger partial charge in [-0.2, -0.15) is 0 Å². The zero-order valence-corrected chi connectivity index (χ0v) is 18.6. The van der Waals surface area contributed by atoms with Crippen molar-refractivity contribution < 1.29 is 4.79 Å². The van der Waals surface area contributed by atoms with E-state index in [0.29, 0.717) is 17.3 Å². The van der Waals surface area contributed by atoms with Gasteiger partial charge in [-0.1, -0.05) is 41.9 Å². The number of amides is 2. The lowest BCUT2D eigenvalue weighted by molar-refractivity contribution is 0.251. The maximum absolute atomic E-state index is 12.6. The molecule has 4 rings (SSSR count). The fourth-order valence-corrected chi connectivity index (χ4v) is 4.11. The van der Waals surface area contributed by atoms with Crippen LogP contribution in [0.25, 0.3) is 0 Å². The SMILES string of the molecule is CN(C)c1ccc([C@@H](CNC(=O)Nc2ccc(Cl)cc2)N2CCc3ccccc32)cc1. The van der Waals surface area contributed by atoms with Crippen molar-refractivity contribution in [2.24, 2.45) is 0 Å². The van der Waals surface area contributed by atoms with Crippen LogP contribution in [0.15, 0.2) is 72.8 Å². The summed E-state index contributed by atoms with van der Waals surface area (Å²) in [6.45, 7) is 1.43. The third kappa shape index (κ3) is 4.94. The van der Waals surface area contributed by atoms with Gasteiger partial charge in [-0.05, 0) is 60.0 Å². The lowest BCUT2D eigenvalue weighted by atomic mass is 10.0. The zero-order chi connectivity index (χ0) is 21.8. The molecular formula is C25H27ClN4O. The molecule has 0 unspecified atom stereocenters. The molecule has 0 radical (unpaired) electrons. The molecule has 0 aliphatic carbocycles. The van der Waals surface area contributed by atoms with Crippen LogP contribution < -0.4 is 20.4 Å². The van der Waals surface area contributed by atoms with Gasteiger partial charge in [0.1, 0.15) is 0 Å². The summed E-state index contributed by atoms with van der Waals surface area (Å²) >= 11 is 5.93. The van der Waals surface area contributed by atoms with Crippen molar-refractivity contribution in [1.82, 2.24) is 5.32 Å². The minimum atomic E-state index is -0.232. The highest BCUT2D eigenvalue weighted by atomic mass is 35.5. The van der Waals surface area contributed by atoms with E-state index in [2.05, 4.69) is 69.0 Å². The second-order valence-electron chi connectivity index (χ2n) is 7.92. The molecule has 3 aromatic carbocycles. The first-order valence-electron chi connectivity index (χ1n) is 10.4. The number of halogens is 1. The molecule has 1 atom stereocenters. The number of nitrogens with zero attached hydrogens (tertiary/aromatic N) is 2. The van der Waals surface area contributed by atoms with Crippen LogP contribution in [-0.2, 0) is 6.42 Å². The summed E-state index contributed by atoms with van der Waals surface area (Å²) in [6.07, 6.45) is 1.01. The fourth-order valence-electron chi connectivity index (χ4n) is 3.99. The lowest BCUT2D eigenvalue weighted by Crippen LogP contribution is -2.39. The molecule has 31 heavy (non-hydrogen) atoms. The molecule has 0 aromatic heterocycles. The first kappa shape index (κ1) is 21.1. The number of para-hydroxylation sites is 1. The Morgan fingerprint density at radius 2 is 1.74 bits per heavy atom. The van der Waals surface area contributed by atoms with Crippen molar-refractivity contribution >= 4 is 34.7 Å². The summed E-state index contributed by atoms with van der Waals surface area (Å²) in [6, 6.07) is 24.0. The molecule has 0 bridgehead atoms. The Hall–Kier alpha value is -3.18. The number of carbonyl (C=O) groups excluding carboxylic acids is 1. The van der Waals surface area contributed by atoms with Gasteiger partial charge in [0, 0.05) is 49.3 Å². The maximum atomic E-state index is 12.6. The molecule has 2 N–H and O–H groups in total. The predicted molar refractivity (Wildman–Crippen MR) is 129 cm³/mol. The van der Waals surface area contributed by atoms with E-state index in [4.69, 9.17) is 11.6 Å². The average Bonchev–Trinajstić information content (AvgIpc) is 3.20. The molecule has 5 nitrogen and oxygen atoms in total. The van der Waals surface area contributed by atoms with Crippen LogP contribution in [0.2, 0.25) is 5.02 Å². The summed E-state index contributed by atoms with van der Waals surface area (Å²) < 4.78 is 0. The van der Waals surface area contributed by atoms with Gasteiger partial charge < -0.3 is 20.4 Å². The molecule has 6 heteroatoms. The first-order chi connectivity index (χ1) is 15.0. The Balaban J connectivity index is 1.52. The molecule has 0 saturated heterocycles. The molecule has 1 heterocycles. The van der Waals surface area contributed by atoms with E-state index in [1.54, 1.807) is 24.3 Å². The van der Waals surface area contributed by atoms with Crippen LogP contribution in [0, 0.1) is 0 Å². The number of fused-ring (bicyclic) bond motifs is 1. The van der Waals surface area contributed by atoms with Gasteiger partial charge >= 0.3 is 6.03 Å². The van der Waals surface area contributed by atoms with Crippen LogP contribution in [0.4, 0.5) is 21.9 Å². The lowest BCUT2D eigenvalue weighted by Gasteiger charge is -2.31. The van der Waals surface area contributed by atoms with Crippen LogP contribution in [0.5, 0.6) is 0 Å². The van der Waals surface area contributed by atoms with Gasteiger partial charge in [0.25, 0.3) is 0 Å². The molecule has 160 valence electrons. The monoisotopic (exact) mass is 434 g/mol. The number of anilines is 3. The summed E-state index contributed by atoms with van der Waals surface area (Å²) in [4.78, 5) is 17.0. The van der Waals surface area contributed by atoms with Gasteiger partial charge in [-0.15, -0.1) is 0 Å². The van der Waals surface area contributed by atoms with Gasteiger partial charge in [-0.3, -0.25) is 0 Å². The number of hydrogen-bond donors (Lipinski definition) is 2. The minimum absolute atomic E-state index is 0.0378. The number of hydrogen-bond acceptors (Lipinski definition) is 3. The molecule has 0 saturated carbocycles. The van der Waals surface area contributed by atoms with Gasteiger partial charge in [0.2, 0.25) is 0 Å². The standard InChI is InChI=1S/C25H27ClN4O/c1-29(2)22-13-7-19(8-14-22)24(30-16-15-18-5-3-4-6-23(18)30)17-27-25(31)28-21-11-9-20(26)10-12-21/h3-14,24H,15-17H2,1-2H3,(H2,27,28,31)/t24-/m1/s1. The van der Waals surface area contributed by atoms with Crippen molar-refractivity contribution in [2.75, 3.05) is 42.3 Å². The number of benzene rings is 3. The van der Waals surface area contributed by atoms with E-state index in [9.17, 15) is 4.79 Å². The van der Waals surface area contributed by atoms with Crippen molar-refractivity contribution in [2.45, 2.75) is 12.5 Å². The van der Waals surface area contributed by atoms with Crippen LogP contribution in [0.1, 0.15) is 17.2 Å². The Morgan fingerprint density at radius 1 is 1.03 bits per heavy atom. The highest BCUT2D eigenvalue weighted by Gasteiger charge is 2.27. The van der Waals surface area contributed by atoms with Crippen LogP contribution in [-0.4, -0.2) is 33.2 Å². The Labute approximate surface area is 188 Å². The second-order valence-corrected chi connectivity index (χ2v) is 8.35. The van der Waals surface area contributed by atoms with Crippen LogP contribution in [0.3, 0.4) is 0 Å². The maximum Gasteiger partial charge on any atom is 0.319 e. The summed E-state index contributed by atoms with van der Waals surface area (Å²) in [5.74, 6) is 0. The largest absolute Gasteiger partial charge is 0.378 e. The third-order valence-electron chi connectivity index (χ3n) is 5.65. The van der Waals surface area contributed by atoms with E-state index in [0.717, 1.165) is 18.7 Å². The number of urea groups is 1. The first-order valence-corrected chi connectivity index (χ1v) is 10.8. The molecule has 1 aliphatic heterocycles. The van der Waals surface area contributed by atoms with Gasteiger partial charge in [-0.25, -0.2) is 4.79 Å². The quantitative estimate of drug-likeness (QED) is 0.551. The second kappa shape index (κ2) is 9.31. The fraction of sp³-hybridized carbons (Fsp3) is 0.240. The molecule has 1 aliphatic rings. The van der Waals surface area contributed by atoms with Crippen LogP contribution >= 0.6 is 11.6 Å². The topological polar surface area (TPSA) is 47.6 Å². The third-order valence-corrected chi connectivity index (χ3v) is 5.90. The van der Waals surface area contributed by atoms with E-state index in [1.807, 2.05) is 14.1 Å². The molecular weight excluding hydrogens is 408 g/mol. The zero-order valence-electron chi connectivity index (χ0n) is 17.8. The molecule has 2 amide bonds. The normalized spacial score (nSPS) is 13.5. The Bertz CT molecular complexity index is 1030. The van der Waals surface area contributed by atoms with E-state index in [-0.39, 0.29) is 12.1 Å². The van der Waals surface area contributed by atoms with E-state index < -0.39 is 0 Å². The Morgan fingerprint density at radius 3 is 2.45 bits per heavy atom. The summed E-state index contributed by atoms with van der Waals surface area (Å²) in [5.41, 5.74) is 5.62. The van der Waals surface area contributed by atoms with Gasteiger partial charge in [0.15, 0.2) is 0 Å². The van der Waals surface area contributed by atoms with E-state index in [1.165, 1.54) is 16.8 Å². The Kier molecular flexibility index (Phi) is 6.33. The molecule has 3 aromatic rings. The smallest absolute Gasteiger partial charge is 0.319 e. The number of carbonyl (C=O) groups is 1. The summed E-state index contributed by atoms with van der Waals surface area (Å²) in [7, 11) is 4.07. The number of rotatable bonds is 6. The van der Waals surface area contributed by atoms with Crippen molar-refractivity contribution in [3.05, 3.63) is 88.9 Å². The number of nitrogens with one attached hydrogen (secondary N) is 2. The highest BCUT2D eigenvalue weighted by molar-refractivity contribution is 6.30. The van der Waals surface area contributed by atoms with Crippen molar-refractivity contribution in [3.8, 4) is 0 Å². The van der Waals surface area contributed by atoms with Crippen molar-refractivity contribution in [1.29, 1.82) is 0 Å². The molecule has 0 spiro atoms. The van der Waals surface area contributed by atoms with Crippen molar-refractivity contribution in [3.63, 3.8) is 0 Å². The minimum Gasteiger partial charge on any atom is -0.378 e. The molecule has 0 fully saturated rings. The average molecular weight is 435 g/mol. The van der Waals surface area contributed by atoms with E-state index >= 15 is 0 Å².